The van der Waals surface area contributed by atoms with E-state index in [0.717, 1.165) is 0 Å². The van der Waals surface area contributed by atoms with Gasteiger partial charge in [-0.25, -0.2) is 0 Å². The first kappa shape index (κ1) is 12.0. The van der Waals surface area contributed by atoms with E-state index >= 15 is 0 Å². The largest absolute Gasteiger partial charge is 0.396 e. The Kier molecular flexibility index (Phi) is 9.64. The number of hydrogen-bond donors (Lipinski definition) is 1. The summed E-state index contributed by atoms with van der Waals surface area (Å²) in [5.41, 5.74) is 0.00463. The van der Waals surface area contributed by atoms with Crippen LogP contribution >= 0.6 is 7.80 Å². The van der Waals surface area contributed by atoms with E-state index in [4.69, 9.17) is 5.11 Å². The van der Waals surface area contributed by atoms with Gasteiger partial charge in [0, 0.05) is 38.4 Å². The van der Waals surface area contributed by atoms with Gasteiger partial charge in [-0.05, 0) is 6.66 Å². The summed E-state index contributed by atoms with van der Waals surface area (Å²) in [7, 11) is -1.46. The zero-order chi connectivity index (χ0) is 5.86. The average molecular weight is 211 g/mol. The van der Waals surface area contributed by atoms with Crippen LogP contribution in [0, 0.1) is 0 Å². The SMILES string of the molecule is CC(CO)[PH](C)=O.[Y]. The molecule has 0 rings (SSSR count). The minimum atomic E-state index is -1.46. The average Bonchev–Trinajstić information content (AvgIpc) is 1.65. The molecule has 8 heavy (non-hydrogen) atoms. The maximum atomic E-state index is 10.4. The van der Waals surface area contributed by atoms with Crippen LogP contribution in [0.25, 0.3) is 0 Å². The van der Waals surface area contributed by atoms with Crippen LogP contribution in [-0.2, 0) is 37.3 Å². The molecule has 2 atom stereocenters. The van der Waals surface area contributed by atoms with Crippen LogP contribution in [0.4, 0.5) is 0 Å². The molecule has 1 radical (unpaired) electrons. The van der Waals surface area contributed by atoms with Crippen molar-refractivity contribution in [2.45, 2.75) is 12.6 Å². The summed E-state index contributed by atoms with van der Waals surface area (Å²) in [5.74, 6) is 0. The molecule has 47 valence electrons. The van der Waals surface area contributed by atoms with Gasteiger partial charge < -0.3 is 9.67 Å². The van der Waals surface area contributed by atoms with Gasteiger partial charge in [0.05, 0.1) is 14.4 Å². The molecule has 0 aliphatic carbocycles. The van der Waals surface area contributed by atoms with Crippen molar-refractivity contribution in [3.8, 4) is 0 Å². The van der Waals surface area contributed by atoms with Gasteiger partial charge in [0.2, 0.25) is 0 Å². The molecular formula is C4H11O2PY. The van der Waals surface area contributed by atoms with E-state index < -0.39 is 7.80 Å². The zero-order valence-corrected chi connectivity index (χ0v) is 9.06. The van der Waals surface area contributed by atoms with E-state index in [-0.39, 0.29) is 45.0 Å². The Morgan fingerprint density at radius 1 is 1.75 bits per heavy atom. The van der Waals surface area contributed by atoms with E-state index in [1.165, 1.54) is 0 Å². The van der Waals surface area contributed by atoms with E-state index in [0.29, 0.717) is 0 Å². The normalized spacial score (nSPS) is 16.4. The summed E-state index contributed by atoms with van der Waals surface area (Å²) < 4.78 is 10.4. The predicted molar refractivity (Wildman–Crippen MR) is 31.5 cm³/mol. The van der Waals surface area contributed by atoms with E-state index in [1.807, 2.05) is 0 Å². The molecule has 0 aromatic rings. The van der Waals surface area contributed by atoms with Gasteiger partial charge >= 0.3 is 0 Å². The van der Waals surface area contributed by atoms with Gasteiger partial charge in [-0.2, -0.15) is 0 Å². The molecule has 1 N–H and O–H groups in total. The van der Waals surface area contributed by atoms with Crippen molar-refractivity contribution in [1.29, 1.82) is 0 Å². The summed E-state index contributed by atoms with van der Waals surface area (Å²) >= 11 is 0. The van der Waals surface area contributed by atoms with Gasteiger partial charge in [-0.1, -0.05) is 6.92 Å². The Morgan fingerprint density at radius 3 is 2.12 bits per heavy atom. The van der Waals surface area contributed by atoms with Crippen molar-refractivity contribution < 1.29 is 42.4 Å². The third-order valence-electron chi connectivity index (χ3n) is 0.968. The first-order valence-electron chi connectivity index (χ1n) is 2.29. The number of hydrogen-bond acceptors (Lipinski definition) is 2. The number of aliphatic hydroxyl groups excluding tert-OH is 1. The quantitative estimate of drug-likeness (QED) is 0.677. The second-order valence-corrected chi connectivity index (χ2v) is 3.90. The summed E-state index contributed by atoms with van der Waals surface area (Å²) in [5, 5.41) is 8.33. The molecule has 0 heterocycles. The fourth-order valence-electron chi connectivity index (χ4n) is 0.129. The fourth-order valence-corrected chi connectivity index (χ4v) is 0.386. The van der Waals surface area contributed by atoms with Crippen molar-refractivity contribution in [3.05, 3.63) is 0 Å². The Balaban J connectivity index is 0. The number of rotatable bonds is 2. The summed E-state index contributed by atoms with van der Waals surface area (Å²) in [6.45, 7) is 3.49. The van der Waals surface area contributed by atoms with Crippen LogP contribution < -0.4 is 0 Å². The molecule has 2 nitrogen and oxygen atoms in total. The third kappa shape index (κ3) is 5.43. The fraction of sp³-hybridized carbons (Fsp3) is 1.00. The Morgan fingerprint density at radius 2 is 2.12 bits per heavy atom. The summed E-state index contributed by atoms with van der Waals surface area (Å²) in [6, 6.07) is 0. The van der Waals surface area contributed by atoms with Gasteiger partial charge in [-0.15, -0.1) is 0 Å². The molecule has 2 unspecified atom stereocenters. The van der Waals surface area contributed by atoms with Crippen LogP contribution in [-0.4, -0.2) is 24.0 Å². The number of aliphatic hydroxyl groups is 1. The first-order chi connectivity index (χ1) is 3.18. The minimum Gasteiger partial charge on any atom is -0.396 e. The molecule has 0 aromatic heterocycles. The molecule has 0 aliphatic heterocycles. The first-order valence-corrected chi connectivity index (χ1v) is 4.28. The van der Waals surface area contributed by atoms with E-state index in [1.54, 1.807) is 13.6 Å². The maximum absolute atomic E-state index is 10.4. The minimum absolute atomic E-state index is 0. The standard InChI is InChI=1S/C4H11O2P.Y/c1-4(3-5)7(2)6;/h4-5,7H,3H2,1-2H3;. The molecule has 0 bridgehead atoms. The Bertz CT molecular complexity index is 76.4. The molecule has 0 saturated carbocycles. The van der Waals surface area contributed by atoms with Crippen LogP contribution in [0.5, 0.6) is 0 Å². The molecule has 0 saturated heterocycles. The van der Waals surface area contributed by atoms with Crippen LogP contribution in [0.1, 0.15) is 6.92 Å². The van der Waals surface area contributed by atoms with Crippen molar-refractivity contribution in [1.82, 2.24) is 0 Å². The second-order valence-electron chi connectivity index (χ2n) is 1.69. The Hall–Kier alpha value is 1.29. The van der Waals surface area contributed by atoms with Crippen LogP contribution in [0.2, 0.25) is 0 Å². The maximum Gasteiger partial charge on any atom is 0.0781 e. The summed E-state index contributed by atoms with van der Waals surface area (Å²) in [4.78, 5) is 0. The summed E-state index contributed by atoms with van der Waals surface area (Å²) in [6.07, 6.45) is 0. The van der Waals surface area contributed by atoms with Crippen LogP contribution in [0.3, 0.4) is 0 Å². The molecule has 0 spiro atoms. The molecule has 0 aromatic carbocycles. The monoisotopic (exact) mass is 211 g/mol. The van der Waals surface area contributed by atoms with Crippen molar-refractivity contribution in [3.63, 3.8) is 0 Å². The van der Waals surface area contributed by atoms with Crippen molar-refractivity contribution in [2.24, 2.45) is 0 Å². The van der Waals surface area contributed by atoms with Gasteiger partial charge in [-0.3, -0.25) is 0 Å². The smallest absolute Gasteiger partial charge is 0.0781 e. The van der Waals surface area contributed by atoms with Crippen molar-refractivity contribution >= 4 is 7.80 Å². The second kappa shape index (κ2) is 6.41. The van der Waals surface area contributed by atoms with Gasteiger partial charge in [0.1, 0.15) is 0 Å². The third-order valence-corrected chi connectivity index (χ3v) is 2.54. The molecular weight excluding hydrogens is 200 g/mol. The topological polar surface area (TPSA) is 37.3 Å². The molecule has 0 fully saturated rings. The van der Waals surface area contributed by atoms with Crippen LogP contribution in [0.15, 0.2) is 0 Å². The van der Waals surface area contributed by atoms with Gasteiger partial charge in [0.15, 0.2) is 0 Å². The van der Waals surface area contributed by atoms with E-state index in [2.05, 4.69) is 0 Å². The molecule has 4 heteroatoms. The predicted octanol–water partition coefficient (Wildman–Crippen LogP) is 0.554. The van der Waals surface area contributed by atoms with Gasteiger partial charge in [0.25, 0.3) is 0 Å². The van der Waals surface area contributed by atoms with E-state index in [9.17, 15) is 4.57 Å². The Labute approximate surface area is 75.7 Å². The molecule has 0 aliphatic rings. The van der Waals surface area contributed by atoms with Crippen molar-refractivity contribution in [2.75, 3.05) is 13.3 Å². The molecule has 0 amide bonds. The zero-order valence-electron chi connectivity index (χ0n) is 5.22.